The minimum Gasteiger partial charge on any atom is -0.543 e. The van der Waals surface area contributed by atoms with Crippen LogP contribution >= 0.6 is 22.7 Å². The van der Waals surface area contributed by atoms with E-state index >= 15 is 0 Å². The van der Waals surface area contributed by atoms with Gasteiger partial charge in [0.25, 0.3) is 0 Å². The van der Waals surface area contributed by atoms with Gasteiger partial charge in [-0.3, -0.25) is 0 Å². The lowest BCUT2D eigenvalue weighted by molar-refractivity contribution is 0.492. The zero-order valence-corrected chi connectivity index (χ0v) is 31.5. The summed E-state index contributed by atoms with van der Waals surface area (Å²) in [6, 6.07) is 26.1. The molecule has 6 heteroatoms. The molecule has 0 saturated carbocycles. The van der Waals surface area contributed by atoms with E-state index < -0.39 is 16.6 Å². The lowest BCUT2D eigenvalue weighted by Crippen LogP contribution is -2.43. The largest absolute Gasteiger partial charge is 0.543 e. The van der Waals surface area contributed by atoms with E-state index in [2.05, 4.69) is 165 Å². The van der Waals surface area contributed by atoms with Crippen LogP contribution in [0, 0.1) is 0 Å². The molecule has 2 aromatic heterocycles. The van der Waals surface area contributed by atoms with E-state index in [-0.39, 0.29) is 10.1 Å². The summed E-state index contributed by atoms with van der Waals surface area (Å²) >= 11 is 3.68. The van der Waals surface area contributed by atoms with Crippen LogP contribution in [-0.4, -0.2) is 16.6 Å². The second-order valence-corrected chi connectivity index (χ2v) is 26.4. The fraction of sp³-hybridized carbons (Fsp3) is 0.316. The fourth-order valence-corrected chi connectivity index (χ4v) is 8.46. The molecule has 0 aliphatic carbocycles. The Hall–Kier alpha value is -2.91. The summed E-state index contributed by atoms with van der Waals surface area (Å²) in [5.41, 5.74) is 2.32. The number of rotatable bonds is 8. The van der Waals surface area contributed by atoms with Gasteiger partial charge in [0, 0.05) is 29.9 Å². The van der Waals surface area contributed by atoms with E-state index in [9.17, 15) is 0 Å². The monoisotopic (exact) mass is 654 g/mol. The Morgan fingerprint density at radius 3 is 1.27 bits per heavy atom. The number of thiophene rings is 2. The Morgan fingerprint density at radius 2 is 0.909 bits per heavy atom. The molecule has 0 bridgehead atoms. The predicted octanol–water partition coefficient (Wildman–Crippen LogP) is 13.2. The predicted molar refractivity (Wildman–Crippen MR) is 204 cm³/mol. The normalized spacial score (nSPS) is 13.5. The van der Waals surface area contributed by atoms with Crippen molar-refractivity contribution in [2.24, 2.45) is 0 Å². The Kier molecular flexibility index (Phi) is 8.95. The summed E-state index contributed by atoms with van der Waals surface area (Å²) in [6.07, 6.45) is 8.86. The van der Waals surface area contributed by atoms with Gasteiger partial charge in [-0.15, -0.1) is 22.7 Å². The van der Waals surface area contributed by atoms with Crippen LogP contribution in [0.25, 0.3) is 44.5 Å². The lowest BCUT2D eigenvalue weighted by atomic mass is 10.1. The third-order valence-corrected chi connectivity index (χ3v) is 20.0. The van der Waals surface area contributed by atoms with Crippen molar-refractivity contribution in [3.63, 3.8) is 0 Å². The second kappa shape index (κ2) is 12.1. The Balaban J connectivity index is 1.34. The van der Waals surface area contributed by atoms with Crippen molar-refractivity contribution in [3.8, 4) is 11.5 Å². The molecule has 0 unspecified atom stereocenters. The molecule has 3 aromatic carbocycles. The van der Waals surface area contributed by atoms with E-state index in [0.717, 1.165) is 22.6 Å². The average molecular weight is 655 g/mol. The van der Waals surface area contributed by atoms with Crippen LogP contribution in [0.5, 0.6) is 11.5 Å². The van der Waals surface area contributed by atoms with Crippen LogP contribution in [0.15, 0.2) is 72.8 Å². The lowest BCUT2D eigenvalue weighted by Gasteiger charge is -2.36. The number of fused-ring (bicyclic) bond motifs is 3. The molecule has 0 radical (unpaired) electrons. The van der Waals surface area contributed by atoms with Crippen molar-refractivity contribution in [1.82, 2.24) is 0 Å². The summed E-state index contributed by atoms with van der Waals surface area (Å²) in [7, 11) is -3.75. The highest BCUT2D eigenvalue weighted by Crippen LogP contribution is 2.40. The fourth-order valence-electron chi connectivity index (χ4n) is 4.45. The van der Waals surface area contributed by atoms with E-state index in [0.29, 0.717) is 0 Å². The summed E-state index contributed by atoms with van der Waals surface area (Å²) in [5, 5.41) is 2.98. The zero-order valence-electron chi connectivity index (χ0n) is 27.9. The molecule has 0 saturated heterocycles. The molecule has 230 valence electrons. The van der Waals surface area contributed by atoms with Gasteiger partial charge in [-0.05, 0) is 108 Å². The van der Waals surface area contributed by atoms with Crippen molar-refractivity contribution in [2.45, 2.75) is 77.8 Å². The molecular formula is C38H46O2S2Si2. The highest BCUT2D eigenvalue weighted by molar-refractivity contribution is 7.21. The van der Waals surface area contributed by atoms with Gasteiger partial charge in [0.1, 0.15) is 11.5 Å². The first-order valence-electron chi connectivity index (χ1n) is 15.4. The highest BCUT2D eigenvalue weighted by atomic mass is 32.1. The minimum atomic E-state index is -1.88. The number of benzene rings is 3. The van der Waals surface area contributed by atoms with E-state index in [1.54, 1.807) is 0 Å². The van der Waals surface area contributed by atoms with Gasteiger partial charge < -0.3 is 8.85 Å². The van der Waals surface area contributed by atoms with Crippen molar-refractivity contribution in [2.75, 3.05) is 0 Å². The first kappa shape index (κ1) is 32.5. The van der Waals surface area contributed by atoms with E-state index in [4.69, 9.17) is 8.85 Å². The quantitative estimate of drug-likeness (QED) is 0.155. The molecule has 0 aliphatic rings. The molecule has 0 aliphatic heterocycles. The molecule has 0 atom stereocenters. The van der Waals surface area contributed by atoms with Gasteiger partial charge in [-0.2, -0.15) is 0 Å². The Labute approximate surface area is 274 Å². The minimum absolute atomic E-state index is 0.170. The maximum atomic E-state index is 6.54. The van der Waals surface area contributed by atoms with Gasteiger partial charge in [0.05, 0.1) is 0 Å². The Bertz CT molecular complexity index is 1710. The molecule has 2 heterocycles. The van der Waals surface area contributed by atoms with Gasteiger partial charge >= 0.3 is 0 Å². The zero-order chi connectivity index (χ0) is 31.9. The second-order valence-electron chi connectivity index (χ2n) is 14.7. The first-order valence-corrected chi connectivity index (χ1v) is 22.9. The maximum Gasteiger partial charge on any atom is 0.250 e. The molecule has 44 heavy (non-hydrogen) atoms. The van der Waals surface area contributed by atoms with Crippen molar-refractivity contribution >= 4 is 83.8 Å². The standard InChI is InChI=1S/C38H46O2S2Si2/c1-37(2,3)43(7,8)39-29-15-11-13-27(23-29)17-19-31-25-33-34-26-32(42-36(34)22-21-35(33)41-31)20-18-28-14-12-16-30(24-28)40-44(9,10)38(4,5)6/h11-26H,1-10H3/b19-17+,20-18+. The smallest absolute Gasteiger partial charge is 0.250 e. The van der Waals surface area contributed by atoms with Crippen molar-refractivity contribution in [1.29, 1.82) is 0 Å². The van der Waals surface area contributed by atoms with Crippen LogP contribution in [0.4, 0.5) is 0 Å². The topological polar surface area (TPSA) is 18.5 Å². The summed E-state index contributed by atoms with van der Waals surface area (Å²) in [6.45, 7) is 22.8. The van der Waals surface area contributed by atoms with Crippen LogP contribution in [0.3, 0.4) is 0 Å². The summed E-state index contributed by atoms with van der Waals surface area (Å²) in [5.74, 6) is 1.93. The summed E-state index contributed by atoms with van der Waals surface area (Å²) < 4.78 is 15.7. The first-order chi connectivity index (χ1) is 20.5. The molecule has 0 N–H and O–H groups in total. The van der Waals surface area contributed by atoms with Crippen LogP contribution < -0.4 is 8.85 Å². The third-order valence-electron chi connectivity index (χ3n) is 9.19. The SMILES string of the molecule is CC(C)(C)[Si](C)(C)Oc1cccc(/C=C/c2cc3c(ccc4sc(/C=C/c5cccc(O[Si](C)(C)C(C)(C)C)c5)cc43)s2)c1. The molecular weight excluding hydrogens is 609 g/mol. The van der Waals surface area contributed by atoms with Gasteiger partial charge in [-0.1, -0.05) is 78.0 Å². The molecule has 5 rings (SSSR count). The maximum absolute atomic E-state index is 6.54. The third kappa shape index (κ3) is 7.31. The van der Waals surface area contributed by atoms with E-state index in [1.807, 2.05) is 22.7 Å². The van der Waals surface area contributed by atoms with Crippen LogP contribution in [-0.2, 0) is 0 Å². The molecule has 5 aromatic rings. The average Bonchev–Trinajstić information content (AvgIpc) is 3.53. The van der Waals surface area contributed by atoms with Gasteiger partial charge in [0.2, 0.25) is 16.6 Å². The molecule has 0 fully saturated rings. The van der Waals surface area contributed by atoms with Crippen LogP contribution in [0.1, 0.15) is 62.4 Å². The van der Waals surface area contributed by atoms with Gasteiger partial charge in [0.15, 0.2) is 0 Å². The number of hydrogen-bond donors (Lipinski definition) is 0. The Morgan fingerprint density at radius 1 is 0.523 bits per heavy atom. The van der Waals surface area contributed by atoms with Gasteiger partial charge in [-0.25, -0.2) is 0 Å². The van der Waals surface area contributed by atoms with Crippen LogP contribution in [0.2, 0.25) is 36.3 Å². The molecule has 0 spiro atoms. The van der Waals surface area contributed by atoms with Crippen molar-refractivity contribution in [3.05, 3.63) is 93.7 Å². The highest BCUT2D eigenvalue weighted by Gasteiger charge is 2.39. The van der Waals surface area contributed by atoms with Crippen molar-refractivity contribution < 1.29 is 8.85 Å². The van der Waals surface area contributed by atoms with E-state index in [1.165, 1.54) is 29.9 Å². The summed E-state index contributed by atoms with van der Waals surface area (Å²) in [4.78, 5) is 2.51. The molecule has 2 nitrogen and oxygen atoms in total. The number of hydrogen-bond acceptors (Lipinski definition) is 4. The molecule has 0 amide bonds.